The number of imidazole rings is 1. The number of hydrogen-bond donors (Lipinski definition) is 1. The maximum atomic E-state index is 12.1. The zero-order chi connectivity index (χ0) is 15.5. The number of fused-ring (bicyclic) bond motifs is 1. The van der Waals surface area contributed by atoms with E-state index in [0.29, 0.717) is 18.0 Å². The van der Waals surface area contributed by atoms with E-state index in [0.717, 1.165) is 22.2 Å². The summed E-state index contributed by atoms with van der Waals surface area (Å²) in [5, 5.41) is 3.56. The number of amides is 1. The van der Waals surface area contributed by atoms with Crippen molar-refractivity contribution in [2.24, 2.45) is 7.05 Å². The van der Waals surface area contributed by atoms with Gasteiger partial charge in [-0.15, -0.1) is 0 Å². The summed E-state index contributed by atoms with van der Waals surface area (Å²) in [5.41, 5.74) is 3.82. The van der Waals surface area contributed by atoms with Gasteiger partial charge in [0.1, 0.15) is 0 Å². The van der Waals surface area contributed by atoms with E-state index in [1.807, 2.05) is 54.1 Å². The summed E-state index contributed by atoms with van der Waals surface area (Å²) in [6.45, 7) is 0.435. The molecule has 0 saturated heterocycles. The Hall–Kier alpha value is -2.33. The number of nitrogens with zero attached hydrogens (tertiary/aromatic N) is 2. The molecule has 0 fully saturated rings. The standard InChI is InChI=1S/C17H16ClN3O/c1-21-11-20-15-8-12(6-7-16(15)21)9-17(22)19-10-13-4-2-3-5-14(13)18/h2-8,11H,9-10H2,1H3,(H,19,22). The molecule has 4 nitrogen and oxygen atoms in total. The Morgan fingerprint density at radius 1 is 1.27 bits per heavy atom. The largest absolute Gasteiger partial charge is 0.352 e. The third-order valence-corrected chi connectivity index (χ3v) is 3.96. The molecule has 0 bridgehead atoms. The van der Waals surface area contributed by atoms with E-state index in [1.54, 1.807) is 6.33 Å². The lowest BCUT2D eigenvalue weighted by molar-refractivity contribution is -0.120. The van der Waals surface area contributed by atoms with Crippen molar-refractivity contribution in [2.75, 3.05) is 0 Å². The number of aromatic nitrogens is 2. The Bertz CT molecular complexity index is 826. The van der Waals surface area contributed by atoms with Crippen molar-refractivity contribution in [3.8, 4) is 0 Å². The van der Waals surface area contributed by atoms with Crippen molar-refractivity contribution < 1.29 is 4.79 Å². The SMILES string of the molecule is Cn1cnc2cc(CC(=O)NCc3ccccc3Cl)ccc21. The van der Waals surface area contributed by atoms with Crippen LogP contribution in [-0.2, 0) is 24.8 Å². The van der Waals surface area contributed by atoms with Gasteiger partial charge in [-0.1, -0.05) is 35.9 Å². The van der Waals surface area contributed by atoms with Crippen LogP contribution in [0.5, 0.6) is 0 Å². The molecule has 112 valence electrons. The number of hydrogen-bond acceptors (Lipinski definition) is 2. The first kappa shape index (κ1) is 14.6. The van der Waals surface area contributed by atoms with Gasteiger partial charge in [0.2, 0.25) is 5.91 Å². The first-order chi connectivity index (χ1) is 10.6. The molecule has 2 aromatic carbocycles. The summed E-state index contributed by atoms with van der Waals surface area (Å²) >= 11 is 6.07. The number of benzene rings is 2. The Morgan fingerprint density at radius 2 is 2.09 bits per heavy atom. The summed E-state index contributed by atoms with van der Waals surface area (Å²) in [7, 11) is 1.95. The molecular weight excluding hydrogens is 298 g/mol. The predicted octanol–water partition coefficient (Wildman–Crippen LogP) is 3.09. The molecule has 0 aliphatic rings. The van der Waals surface area contributed by atoms with Crippen LogP contribution in [0.2, 0.25) is 5.02 Å². The summed E-state index contributed by atoms with van der Waals surface area (Å²) in [6, 6.07) is 13.4. The zero-order valence-corrected chi connectivity index (χ0v) is 13.0. The Balaban J connectivity index is 1.64. The number of aryl methyl sites for hydroxylation is 1. The van der Waals surface area contributed by atoms with Crippen LogP contribution in [-0.4, -0.2) is 15.5 Å². The number of rotatable bonds is 4. The molecule has 5 heteroatoms. The summed E-state index contributed by atoms with van der Waals surface area (Å²) in [5.74, 6) is -0.0322. The van der Waals surface area contributed by atoms with E-state index < -0.39 is 0 Å². The Labute approximate surface area is 133 Å². The van der Waals surface area contributed by atoms with E-state index in [4.69, 9.17) is 11.6 Å². The number of carbonyl (C=O) groups excluding carboxylic acids is 1. The highest BCUT2D eigenvalue weighted by Gasteiger charge is 2.07. The van der Waals surface area contributed by atoms with Gasteiger partial charge in [-0.3, -0.25) is 4.79 Å². The van der Waals surface area contributed by atoms with Gasteiger partial charge in [0, 0.05) is 18.6 Å². The van der Waals surface area contributed by atoms with Gasteiger partial charge in [0.15, 0.2) is 0 Å². The lowest BCUT2D eigenvalue weighted by Crippen LogP contribution is -2.24. The number of halogens is 1. The average molecular weight is 314 g/mol. The highest BCUT2D eigenvalue weighted by Crippen LogP contribution is 2.16. The van der Waals surface area contributed by atoms with Crippen LogP contribution in [0.15, 0.2) is 48.8 Å². The van der Waals surface area contributed by atoms with Crippen molar-refractivity contribution in [2.45, 2.75) is 13.0 Å². The molecule has 0 unspecified atom stereocenters. The molecule has 0 aliphatic carbocycles. The third-order valence-electron chi connectivity index (χ3n) is 3.59. The maximum Gasteiger partial charge on any atom is 0.224 e. The van der Waals surface area contributed by atoms with Gasteiger partial charge in [-0.2, -0.15) is 0 Å². The molecule has 3 rings (SSSR count). The zero-order valence-electron chi connectivity index (χ0n) is 12.2. The molecule has 22 heavy (non-hydrogen) atoms. The quantitative estimate of drug-likeness (QED) is 0.804. The van der Waals surface area contributed by atoms with Crippen LogP contribution >= 0.6 is 11.6 Å². The topological polar surface area (TPSA) is 46.9 Å². The van der Waals surface area contributed by atoms with Gasteiger partial charge in [-0.25, -0.2) is 4.98 Å². The van der Waals surface area contributed by atoms with E-state index >= 15 is 0 Å². The first-order valence-electron chi connectivity index (χ1n) is 7.03. The fraction of sp³-hybridized carbons (Fsp3) is 0.176. The number of nitrogens with one attached hydrogen (secondary N) is 1. The van der Waals surface area contributed by atoms with Gasteiger partial charge < -0.3 is 9.88 Å². The molecule has 0 aliphatic heterocycles. The Kier molecular flexibility index (Phi) is 4.11. The molecule has 0 spiro atoms. The van der Waals surface area contributed by atoms with E-state index in [1.165, 1.54) is 0 Å². The molecule has 1 N–H and O–H groups in total. The first-order valence-corrected chi connectivity index (χ1v) is 7.41. The second-order valence-electron chi connectivity index (χ2n) is 5.22. The minimum atomic E-state index is -0.0322. The lowest BCUT2D eigenvalue weighted by atomic mass is 10.1. The van der Waals surface area contributed by atoms with E-state index in [9.17, 15) is 4.79 Å². The molecular formula is C17H16ClN3O. The second-order valence-corrected chi connectivity index (χ2v) is 5.63. The Morgan fingerprint density at radius 3 is 2.91 bits per heavy atom. The van der Waals surface area contributed by atoms with Crippen molar-refractivity contribution in [3.63, 3.8) is 0 Å². The third kappa shape index (κ3) is 3.12. The van der Waals surface area contributed by atoms with Crippen molar-refractivity contribution in [3.05, 3.63) is 64.9 Å². The molecule has 1 amide bonds. The minimum absolute atomic E-state index is 0.0322. The minimum Gasteiger partial charge on any atom is -0.352 e. The van der Waals surface area contributed by atoms with Gasteiger partial charge >= 0.3 is 0 Å². The predicted molar refractivity (Wildman–Crippen MR) is 87.7 cm³/mol. The van der Waals surface area contributed by atoms with Crippen LogP contribution < -0.4 is 5.32 Å². The average Bonchev–Trinajstić information content (AvgIpc) is 2.87. The molecule has 1 heterocycles. The van der Waals surface area contributed by atoms with E-state index in [2.05, 4.69) is 10.3 Å². The van der Waals surface area contributed by atoms with Crippen LogP contribution in [0.3, 0.4) is 0 Å². The van der Waals surface area contributed by atoms with Crippen LogP contribution in [0.25, 0.3) is 11.0 Å². The maximum absolute atomic E-state index is 12.1. The highest BCUT2D eigenvalue weighted by molar-refractivity contribution is 6.31. The van der Waals surface area contributed by atoms with E-state index in [-0.39, 0.29) is 5.91 Å². The summed E-state index contributed by atoms with van der Waals surface area (Å²) in [6.07, 6.45) is 2.10. The molecule has 0 saturated carbocycles. The second kappa shape index (κ2) is 6.20. The summed E-state index contributed by atoms with van der Waals surface area (Å²) in [4.78, 5) is 16.4. The van der Waals surface area contributed by atoms with Gasteiger partial charge in [-0.05, 0) is 29.3 Å². The molecule has 0 atom stereocenters. The van der Waals surface area contributed by atoms with Crippen molar-refractivity contribution in [1.82, 2.24) is 14.9 Å². The van der Waals surface area contributed by atoms with Gasteiger partial charge in [0.05, 0.1) is 23.8 Å². The van der Waals surface area contributed by atoms with Gasteiger partial charge in [0.25, 0.3) is 0 Å². The monoisotopic (exact) mass is 313 g/mol. The van der Waals surface area contributed by atoms with Crippen LogP contribution in [0.1, 0.15) is 11.1 Å². The lowest BCUT2D eigenvalue weighted by Gasteiger charge is -2.07. The smallest absolute Gasteiger partial charge is 0.224 e. The molecule has 1 aromatic heterocycles. The van der Waals surface area contributed by atoms with Crippen LogP contribution in [0.4, 0.5) is 0 Å². The fourth-order valence-electron chi connectivity index (χ4n) is 2.38. The fourth-order valence-corrected chi connectivity index (χ4v) is 2.58. The normalized spacial score (nSPS) is 10.8. The molecule has 3 aromatic rings. The highest BCUT2D eigenvalue weighted by atomic mass is 35.5. The van der Waals surface area contributed by atoms with Crippen molar-refractivity contribution in [1.29, 1.82) is 0 Å². The summed E-state index contributed by atoms with van der Waals surface area (Å²) < 4.78 is 1.95. The number of carbonyl (C=O) groups is 1. The molecule has 0 radical (unpaired) electrons. The van der Waals surface area contributed by atoms with Crippen LogP contribution in [0, 0.1) is 0 Å². The van der Waals surface area contributed by atoms with Crippen molar-refractivity contribution >= 4 is 28.5 Å².